The Morgan fingerprint density at radius 3 is 2.59 bits per heavy atom. The normalized spacial score (nSPS) is 15.8. The van der Waals surface area contributed by atoms with E-state index in [9.17, 15) is 0 Å². The number of benzene rings is 2. The van der Waals surface area contributed by atoms with Gasteiger partial charge in [-0.25, -0.2) is 0 Å². The van der Waals surface area contributed by atoms with Crippen molar-refractivity contribution >= 4 is 11.6 Å². The zero-order valence-electron chi connectivity index (χ0n) is 16.0. The van der Waals surface area contributed by atoms with Crippen molar-refractivity contribution in [1.29, 1.82) is 0 Å². The number of anilines is 1. The Balaban J connectivity index is 1.56. The number of para-hydroxylation sites is 1. The highest BCUT2D eigenvalue weighted by Gasteiger charge is 2.36. The van der Waals surface area contributed by atoms with Crippen LogP contribution in [0.4, 0.5) is 5.69 Å². The SMILES string of the molecule is CCOCCC1(CN=C(N)Nc2cccc(Oc3ccccc3)c2)CCC1. The number of nitrogens with zero attached hydrogens (tertiary/aromatic N) is 1. The molecule has 0 saturated heterocycles. The number of hydrogen-bond donors (Lipinski definition) is 2. The molecule has 27 heavy (non-hydrogen) atoms. The summed E-state index contributed by atoms with van der Waals surface area (Å²) < 4.78 is 11.4. The van der Waals surface area contributed by atoms with Gasteiger partial charge in [0.15, 0.2) is 5.96 Å². The first-order valence-electron chi connectivity index (χ1n) is 9.67. The first-order valence-corrected chi connectivity index (χ1v) is 9.67. The van der Waals surface area contributed by atoms with Gasteiger partial charge in [0.25, 0.3) is 0 Å². The predicted molar refractivity (Wildman–Crippen MR) is 110 cm³/mol. The van der Waals surface area contributed by atoms with Crippen LogP contribution in [0.3, 0.4) is 0 Å². The first kappa shape index (κ1) is 19.2. The van der Waals surface area contributed by atoms with Crippen molar-refractivity contribution in [2.24, 2.45) is 16.1 Å². The van der Waals surface area contributed by atoms with Gasteiger partial charge >= 0.3 is 0 Å². The van der Waals surface area contributed by atoms with E-state index in [2.05, 4.69) is 10.3 Å². The van der Waals surface area contributed by atoms with Crippen LogP contribution in [0.1, 0.15) is 32.6 Å². The Bertz CT molecular complexity index is 742. The van der Waals surface area contributed by atoms with Crippen LogP contribution in [-0.2, 0) is 4.74 Å². The van der Waals surface area contributed by atoms with Gasteiger partial charge in [-0.1, -0.05) is 30.7 Å². The summed E-state index contributed by atoms with van der Waals surface area (Å²) in [4.78, 5) is 4.59. The third-order valence-corrected chi connectivity index (χ3v) is 5.07. The van der Waals surface area contributed by atoms with Crippen molar-refractivity contribution in [2.45, 2.75) is 32.6 Å². The molecule has 0 atom stereocenters. The molecule has 2 aromatic rings. The van der Waals surface area contributed by atoms with Gasteiger partial charge in [0.05, 0.1) is 0 Å². The fourth-order valence-corrected chi connectivity index (χ4v) is 3.30. The molecule has 144 valence electrons. The summed E-state index contributed by atoms with van der Waals surface area (Å²) in [5.41, 5.74) is 7.24. The molecule has 1 aliphatic carbocycles. The van der Waals surface area contributed by atoms with E-state index in [1.807, 2.05) is 61.5 Å². The Morgan fingerprint density at radius 1 is 1.11 bits per heavy atom. The van der Waals surface area contributed by atoms with Gasteiger partial charge in [-0.3, -0.25) is 4.99 Å². The van der Waals surface area contributed by atoms with E-state index in [0.29, 0.717) is 5.96 Å². The van der Waals surface area contributed by atoms with Crippen molar-refractivity contribution in [3.8, 4) is 11.5 Å². The Kier molecular flexibility index (Phi) is 6.71. The molecule has 0 bridgehead atoms. The van der Waals surface area contributed by atoms with E-state index in [1.54, 1.807) is 0 Å². The van der Waals surface area contributed by atoms with Crippen LogP contribution in [0.25, 0.3) is 0 Å². The molecule has 1 aliphatic rings. The van der Waals surface area contributed by atoms with Crippen molar-refractivity contribution in [1.82, 2.24) is 0 Å². The molecule has 3 rings (SSSR count). The van der Waals surface area contributed by atoms with Gasteiger partial charge in [0.2, 0.25) is 0 Å². The quantitative estimate of drug-likeness (QED) is 0.379. The number of nitrogens with two attached hydrogens (primary N) is 1. The zero-order chi connectivity index (χ0) is 19.0. The number of nitrogens with one attached hydrogen (secondary N) is 1. The summed E-state index contributed by atoms with van der Waals surface area (Å²) in [5.74, 6) is 2.00. The van der Waals surface area contributed by atoms with Gasteiger partial charge in [0.1, 0.15) is 11.5 Å². The second kappa shape index (κ2) is 9.42. The van der Waals surface area contributed by atoms with Crippen LogP contribution < -0.4 is 15.8 Å². The minimum absolute atomic E-state index is 0.264. The second-order valence-corrected chi connectivity index (χ2v) is 7.07. The van der Waals surface area contributed by atoms with Crippen LogP contribution >= 0.6 is 0 Å². The summed E-state index contributed by atoms with van der Waals surface area (Å²) in [6, 6.07) is 17.4. The van der Waals surface area contributed by atoms with Crippen molar-refractivity contribution in [3.05, 3.63) is 54.6 Å². The third kappa shape index (κ3) is 5.73. The molecule has 0 radical (unpaired) electrons. The molecule has 0 heterocycles. The third-order valence-electron chi connectivity index (χ3n) is 5.07. The fourth-order valence-electron chi connectivity index (χ4n) is 3.30. The molecular formula is C22H29N3O2. The minimum Gasteiger partial charge on any atom is -0.457 e. The summed E-state index contributed by atoms with van der Waals surface area (Å²) in [6.07, 6.45) is 4.74. The summed E-state index contributed by atoms with van der Waals surface area (Å²) in [7, 11) is 0. The number of guanidine groups is 1. The Hall–Kier alpha value is -2.53. The van der Waals surface area contributed by atoms with Crippen LogP contribution in [0, 0.1) is 5.41 Å². The average Bonchev–Trinajstić information content (AvgIpc) is 2.64. The monoisotopic (exact) mass is 367 g/mol. The van der Waals surface area contributed by atoms with Gasteiger partial charge in [0, 0.05) is 31.5 Å². The lowest BCUT2D eigenvalue weighted by molar-refractivity contribution is 0.0610. The highest BCUT2D eigenvalue weighted by molar-refractivity contribution is 5.92. The van der Waals surface area contributed by atoms with Gasteiger partial charge in [-0.05, 0) is 55.9 Å². The maximum atomic E-state index is 6.12. The lowest BCUT2D eigenvalue weighted by atomic mass is 9.67. The molecule has 0 aliphatic heterocycles. The molecule has 3 N–H and O–H groups in total. The molecule has 5 heteroatoms. The molecule has 0 amide bonds. The number of rotatable bonds is 9. The molecule has 1 fully saturated rings. The second-order valence-electron chi connectivity index (χ2n) is 7.07. The Morgan fingerprint density at radius 2 is 1.89 bits per heavy atom. The standard InChI is InChI=1S/C22H29N3O2/c1-2-26-15-14-22(12-7-13-22)17-24-21(23)25-18-8-6-11-20(16-18)27-19-9-4-3-5-10-19/h3-6,8-11,16H,2,7,12-15,17H2,1H3,(H3,23,24,25). The topological polar surface area (TPSA) is 68.9 Å². The lowest BCUT2D eigenvalue weighted by Gasteiger charge is -2.40. The largest absolute Gasteiger partial charge is 0.457 e. The molecule has 0 unspecified atom stereocenters. The van der Waals surface area contributed by atoms with Crippen LogP contribution in [0.15, 0.2) is 59.6 Å². The number of hydrogen-bond acceptors (Lipinski definition) is 3. The van der Waals surface area contributed by atoms with Crippen LogP contribution in [0.5, 0.6) is 11.5 Å². The van der Waals surface area contributed by atoms with E-state index >= 15 is 0 Å². The minimum atomic E-state index is 0.264. The average molecular weight is 367 g/mol. The Labute approximate surface area is 161 Å². The van der Waals surface area contributed by atoms with Crippen molar-refractivity contribution in [2.75, 3.05) is 25.1 Å². The van der Waals surface area contributed by atoms with Crippen LogP contribution in [0.2, 0.25) is 0 Å². The smallest absolute Gasteiger partial charge is 0.193 e. The van der Waals surface area contributed by atoms with Crippen molar-refractivity contribution < 1.29 is 9.47 Å². The highest BCUT2D eigenvalue weighted by Crippen LogP contribution is 2.44. The summed E-state index contributed by atoms with van der Waals surface area (Å²) >= 11 is 0. The van der Waals surface area contributed by atoms with E-state index in [0.717, 1.165) is 43.4 Å². The zero-order valence-corrected chi connectivity index (χ0v) is 16.0. The van der Waals surface area contributed by atoms with Crippen molar-refractivity contribution in [3.63, 3.8) is 0 Å². The molecule has 5 nitrogen and oxygen atoms in total. The summed E-state index contributed by atoms with van der Waals surface area (Å²) in [5, 5.41) is 3.17. The first-order chi connectivity index (χ1) is 13.2. The van der Waals surface area contributed by atoms with Gasteiger partial charge < -0.3 is 20.5 Å². The molecule has 1 saturated carbocycles. The van der Waals surface area contributed by atoms with E-state index < -0.39 is 0 Å². The van der Waals surface area contributed by atoms with E-state index in [4.69, 9.17) is 15.2 Å². The number of ether oxygens (including phenoxy) is 2. The lowest BCUT2D eigenvalue weighted by Crippen LogP contribution is -2.35. The molecule has 0 spiro atoms. The molecular weight excluding hydrogens is 338 g/mol. The van der Waals surface area contributed by atoms with Gasteiger partial charge in [-0.2, -0.15) is 0 Å². The summed E-state index contributed by atoms with van der Waals surface area (Å²) in [6.45, 7) is 4.35. The molecule has 2 aromatic carbocycles. The number of aliphatic imine (C=N–C) groups is 1. The van der Waals surface area contributed by atoms with Crippen LogP contribution in [-0.4, -0.2) is 25.7 Å². The predicted octanol–water partition coefficient (Wildman–Crippen LogP) is 4.80. The van der Waals surface area contributed by atoms with E-state index in [-0.39, 0.29) is 5.41 Å². The van der Waals surface area contributed by atoms with Gasteiger partial charge in [-0.15, -0.1) is 0 Å². The van der Waals surface area contributed by atoms with E-state index in [1.165, 1.54) is 19.3 Å². The fraction of sp³-hybridized carbons (Fsp3) is 0.409. The maximum Gasteiger partial charge on any atom is 0.193 e. The molecule has 0 aromatic heterocycles. The maximum absolute atomic E-state index is 6.12. The highest BCUT2D eigenvalue weighted by atomic mass is 16.5.